The molecule has 0 aliphatic rings. The smallest absolute Gasteiger partial charge is 0.191 e. The third-order valence-corrected chi connectivity index (χ3v) is 3.75. The first kappa shape index (κ1) is 21.8. The first-order chi connectivity index (χ1) is 10.6. The molecule has 0 saturated carbocycles. The monoisotopic (exact) mass is 435 g/mol. The normalized spacial score (nSPS) is 11.1. The number of rotatable bonds is 8. The van der Waals surface area contributed by atoms with E-state index in [9.17, 15) is 5.11 Å². The zero-order chi connectivity index (χ0) is 16.4. The maximum absolute atomic E-state index is 9.90. The highest BCUT2D eigenvalue weighted by Gasteiger charge is 2.06. The lowest BCUT2D eigenvalue weighted by Crippen LogP contribution is -2.39. The minimum absolute atomic E-state index is 0. The van der Waals surface area contributed by atoms with Crippen molar-refractivity contribution in [2.75, 3.05) is 20.2 Å². The molecule has 0 aliphatic heterocycles. The molecule has 0 amide bonds. The molecule has 0 spiro atoms. The van der Waals surface area contributed by atoms with Gasteiger partial charge in [0.15, 0.2) is 5.96 Å². The average Bonchev–Trinajstić information content (AvgIpc) is 2.54. The Labute approximate surface area is 156 Å². The lowest BCUT2D eigenvalue weighted by Gasteiger charge is -2.16. The molecule has 5 nitrogen and oxygen atoms in total. The molecule has 0 unspecified atom stereocenters. The van der Waals surface area contributed by atoms with E-state index in [1.807, 2.05) is 13.0 Å². The van der Waals surface area contributed by atoms with Gasteiger partial charge in [-0.2, -0.15) is 0 Å². The van der Waals surface area contributed by atoms with Crippen LogP contribution in [0.4, 0.5) is 0 Å². The van der Waals surface area contributed by atoms with E-state index in [0.29, 0.717) is 12.5 Å². The van der Waals surface area contributed by atoms with E-state index in [1.54, 1.807) is 19.2 Å². The van der Waals surface area contributed by atoms with Gasteiger partial charge in [0.05, 0.1) is 13.7 Å². The van der Waals surface area contributed by atoms with Crippen molar-refractivity contribution in [3.8, 4) is 11.5 Å². The molecule has 0 atom stereocenters. The molecule has 0 aromatic heterocycles. The Bertz CT molecular complexity index is 477. The van der Waals surface area contributed by atoms with Crippen LogP contribution in [0.5, 0.6) is 11.5 Å². The zero-order valence-corrected chi connectivity index (χ0v) is 16.9. The van der Waals surface area contributed by atoms with Crippen molar-refractivity contribution in [3.05, 3.63) is 23.8 Å². The molecule has 3 N–H and O–H groups in total. The fourth-order valence-electron chi connectivity index (χ4n) is 2.14. The van der Waals surface area contributed by atoms with E-state index < -0.39 is 0 Å². The quantitative estimate of drug-likeness (QED) is 0.332. The summed E-state index contributed by atoms with van der Waals surface area (Å²) in [7, 11) is 1.61. The van der Waals surface area contributed by atoms with Crippen LogP contribution in [0.3, 0.4) is 0 Å². The van der Waals surface area contributed by atoms with E-state index in [0.717, 1.165) is 43.2 Å². The summed E-state index contributed by atoms with van der Waals surface area (Å²) in [5.41, 5.74) is 0.749. The van der Waals surface area contributed by atoms with Gasteiger partial charge in [-0.05, 0) is 31.0 Å². The summed E-state index contributed by atoms with van der Waals surface area (Å²) in [6.07, 6.45) is 2.30. The number of ether oxygens (including phenoxy) is 1. The molecule has 0 heterocycles. The molecule has 23 heavy (non-hydrogen) atoms. The van der Waals surface area contributed by atoms with E-state index in [4.69, 9.17) is 4.74 Å². The van der Waals surface area contributed by atoms with Crippen molar-refractivity contribution < 1.29 is 9.84 Å². The SMILES string of the molecule is CCNC(=NCc1cc(OC)ccc1O)NCC(CC)CC.I. The molecule has 0 aliphatic carbocycles. The first-order valence-electron chi connectivity index (χ1n) is 8.02. The van der Waals surface area contributed by atoms with Gasteiger partial charge in [-0.25, -0.2) is 4.99 Å². The van der Waals surface area contributed by atoms with E-state index in [-0.39, 0.29) is 29.7 Å². The second kappa shape index (κ2) is 12.3. The fourth-order valence-corrected chi connectivity index (χ4v) is 2.14. The number of aromatic hydroxyl groups is 1. The van der Waals surface area contributed by atoms with Gasteiger partial charge in [-0.3, -0.25) is 0 Å². The summed E-state index contributed by atoms with van der Waals surface area (Å²) >= 11 is 0. The second-order valence-corrected chi connectivity index (χ2v) is 5.25. The number of nitrogens with zero attached hydrogens (tertiary/aromatic N) is 1. The van der Waals surface area contributed by atoms with E-state index in [1.165, 1.54) is 0 Å². The van der Waals surface area contributed by atoms with Gasteiger partial charge in [0.2, 0.25) is 0 Å². The second-order valence-electron chi connectivity index (χ2n) is 5.25. The van der Waals surface area contributed by atoms with Crippen molar-refractivity contribution in [2.45, 2.75) is 40.2 Å². The number of nitrogens with one attached hydrogen (secondary N) is 2. The highest BCUT2D eigenvalue weighted by atomic mass is 127. The Kier molecular flexibility index (Phi) is 11.6. The van der Waals surface area contributed by atoms with Crippen LogP contribution >= 0.6 is 24.0 Å². The first-order valence-corrected chi connectivity index (χ1v) is 8.02. The highest BCUT2D eigenvalue weighted by molar-refractivity contribution is 14.0. The van der Waals surface area contributed by atoms with Crippen LogP contribution in [0.2, 0.25) is 0 Å². The summed E-state index contributed by atoms with van der Waals surface area (Å²) in [5, 5.41) is 16.5. The van der Waals surface area contributed by atoms with Crippen molar-refractivity contribution in [3.63, 3.8) is 0 Å². The minimum Gasteiger partial charge on any atom is -0.508 e. The lowest BCUT2D eigenvalue weighted by atomic mass is 10.0. The summed E-state index contributed by atoms with van der Waals surface area (Å²) in [6, 6.07) is 5.18. The number of hydrogen-bond acceptors (Lipinski definition) is 3. The molecule has 0 fully saturated rings. The van der Waals surface area contributed by atoms with Crippen LogP contribution in [-0.4, -0.2) is 31.3 Å². The third kappa shape index (κ3) is 7.76. The van der Waals surface area contributed by atoms with Gasteiger partial charge in [-0.1, -0.05) is 26.7 Å². The van der Waals surface area contributed by atoms with Gasteiger partial charge in [0, 0.05) is 18.7 Å². The van der Waals surface area contributed by atoms with E-state index in [2.05, 4.69) is 29.5 Å². The van der Waals surface area contributed by atoms with Gasteiger partial charge >= 0.3 is 0 Å². The fraction of sp³-hybridized carbons (Fsp3) is 0.588. The predicted octanol–water partition coefficient (Wildman–Crippen LogP) is 3.51. The van der Waals surface area contributed by atoms with Crippen LogP contribution in [-0.2, 0) is 6.54 Å². The molecule has 1 rings (SSSR count). The van der Waals surface area contributed by atoms with Crippen LogP contribution in [0, 0.1) is 5.92 Å². The number of hydrogen-bond donors (Lipinski definition) is 3. The van der Waals surface area contributed by atoms with Crippen LogP contribution < -0.4 is 15.4 Å². The number of phenols is 1. The topological polar surface area (TPSA) is 65.9 Å². The summed E-state index contributed by atoms with van der Waals surface area (Å²) in [6.45, 7) is 8.56. The Hall–Kier alpha value is -1.18. The summed E-state index contributed by atoms with van der Waals surface area (Å²) < 4.78 is 5.18. The maximum atomic E-state index is 9.90. The number of methoxy groups -OCH3 is 1. The average molecular weight is 435 g/mol. The molecule has 132 valence electrons. The standard InChI is InChI=1S/C17H29N3O2.HI/c1-5-13(6-2)11-19-17(18-7-3)20-12-14-10-15(22-4)8-9-16(14)21;/h8-10,13,21H,5-7,11-12H2,1-4H3,(H2,18,19,20);1H. The summed E-state index contributed by atoms with van der Waals surface area (Å²) in [4.78, 5) is 4.54. The number of phenolic OH excluding ortho intramolecular Hbond substituents is 1. The van der Waals surface area contributed by atoms with Crippen molar-refractivity contribution >= 4 is 29.9 Å². The largest absolute Gasteiger partial charge is 0.508 e. The lowest BCUT2D eigenvalue weighted by molar-refractivity contribution is 0.411. The molecular formula is C17H30IN3O2. The third-order valence-electron chi connectivity index (χ3n) is 3.75. The highest BCUT2D eigenvalue weighted by Crippen LogP contribution is 2.23. The molecule has 1 aromatic carbocycles. The minimum atomic E-state index is 0. The van der Waals surface area contributed by atoms with Gasteiger partial charge in [-0.15, -0.1) is 24.0 Å². The van der Waals surface area contributed by atoms with Crippen LogP contribution in [0.1, 0.15) is 39.2 Å². The molecule has 0 radical (unpaired) electrons. The molecular weight excluding hydrogens is 405 g/mol. The Balaban J connectivity index is 0.00000484. The molecule has 1 aromatic rings. The Morgan fingerprint density at radius 3 is 2.48 bits per heavy atom. The van der Waals surface area contributed by atoms with Gasteiger partial charge in [0.1, 0.15) is 11.5 Å². The van der Waals surface area contributed by atoms with Crippen molar-refractivity contribution in [1.82, 2.24) is 10.6 Å². The van der Waals surface area contributed by atoms with Crippen molar-refractivity contribution in [2.24, 2.45) is 10.9 Å². The summed E-state index contributed by atoms with van der Waals surface area (Å²) in [5.74, 6) is 2.38. The number of benzene rings is 1. The maximum Gasteiger partial charge on any atom is 0.191 e. The molecule has 0 bridgehead atoms. The van der Waals surface area contributed by atoms with Gasteiger partial charge < -0.3 is 20.5 Å². The number of aliphatic imine (C=N–C) groups is 1. The van der Waals surface area contributed by atoms with Gasteiger partial charge in [0.25, 0.3) is 0 Å². The van der Waals surface area contributed by atoms with E-state index >= 15 is 0 Å². The molecule has 6 heteroatoms. The van der Waals surface area contributed by atoms with Crippen molar-refractivity contribution in [1.29, 1.82) is 0 Å². The number of halogens is 1. The Morgan fingerprint density at radius 2 is 1.91 bits per heavy atom. The number of guanidine groups is 1. The zero-order valence-electron chi connectivity index (χ0n) is 14.6. The molecule has 0 saturated heterocycles. The van der Waals surface area contributed by atoms with Crippen LogP contribution in [0.25, 0.3) is 0 Å². The van der Waals surface area contributed by atoms with Crippen LogP contribution in [0.15, 0.2) is 23.2 Å². The Morgan fingerprint density at radius 1 is 1.22 bits per heavy atom. The predicted molar refractivity (Wildman–Crippen MR) is 107 cm³/mol.